The molecule has 0 saturated heterocycles. The number of carbonyl (C=O) groups excluding carboxylic acids is 1. The Bertz CT molecular complexity index is 1050. The van der Waals surface area contributed by atoms with Crippen LogP contribution in [0.25, 0.3) is 17.0 Å². The summed E-state index contributed by atoms with van der Waals surface area (Å²) < 4.78 is 15.7. The lowest BCUT2D eigenvalue weighted by Crippen LogP contribution is -2.12. The molecule has 26 heavy (non-hydrogen) atoms. The maximum absolute atomic E-state index is 12.4. The molecule has 132 valence electrons. The lowest BCUT2D eigenvalue weighted by atomic mass is 10.1. The summed E-state index contributed by atoms with van der Waals surface area (Å²) in [6.45, 7) is 0. The maximum Gasteiger partial charge on any atom is 0.347 e. The monoisotopic (exact) mass is 370 g/mol. The first kappa shape index (κ1) is 17.8. The smallest absolute Gasteiger partial charge is 0.347 e. The lowest BCUT2D eigenvalue weighted by Gasteiger charge is -2.08. The Hall–Kier alpha value is -3.05. The van der Waals surface area contributed by atoms with E-state index in [9.17, 15) is 9.59 Å². The van der Waals surface area contributed by atoms with Gasteiger partial charge in [0.05, 0.1) is 19.6 Å². The normalized spacial score (nSPS) is 11.0. The van der Waals surface area contributed by atoms with Crippen molar-refractivity contribution in [2.24, 2.45) is 0 Å². The van der Waals surface area contributed by atoms with Crippen LogP contribution in [0.2, 0.25) is 5.02 Å². The molecule has 0 spiro atoms. The lowest BCUT2D eigenvalue weighted by molar-refractivity contribution is 0.104. The van der Waals surface area contributed by atoms with Gasteiger partial charge in [0.15, 0.2) is 5.78 Å². The predicted octanol–water partition coefficient (Wildman–Crippen LogP) is 4.36. The van der Waals surface area contributed by atoms with Crippen LogP contribution < -0.4 is 15.1 Å². The molecule has 0 amide bonds. The van der Waals surface area contributed by atoms with Gasteiger partial charge in [-0.05, 0) is 29.8 Å². The Morgan fingerprint density at radius 1 is 1.08 bits per heavy atom. The summed E-state index contributed by atoms with van der Waals surface area (Å²) in [5, 5.41) is 1.11. The summed E-state index contributed by atoms with van der Waals surface area (Å²) in [6.07, 6.45) is 2.92. The molecule has 5 nitrogen and oxygen atoms in total. The van der Waals surface area contributed by atoms with Gasteiger partial charge in [-0.1, -0.05) is 29.8 Å². The molecule has 0 atom stereocenters. The van der Waals surface area contributed by atoms with Crippen molar-refractivity contribution < 1.29 is 18.7 Å². The number of hydrogen-bond donors (Lipinski definition) is 0. The van der Waals surface area contributed by atoms with Crippen molar-refractivity contribution in [1.29, 1.82) is 0 Å². The van der Waals surface area contributed by atoms with Crippen molar-refractivity contribution in [3.8, 4) is 11.5 Å². The van der Waals surface area contributed by atoms with E-state index in [1.165, 1.54) is 26.4 Å². The summed E-state index contributed by atoms with van der Waals surface area (Å²) in [4.78, 5) is 24.6. The third-order valence-corrected chi connectivity index (χ3v) is 4.06. The fourth-order valence-corrected chi connectivity index (χ4v) is 2.58. The number of ether oxygens (including phenoxy) is 2. The van der Waals surface area contributed by atoms with Crippen LogP contribution in [0.5, 0.6) is 11.5 Å². The highest BCUT2D eigenvalue weighted by Gasteiger charge is 2.15. The SMILES string of the molecule is COc1cc(OC)c2cc(C(=O)/C=C/c3ccc(Cl)cc3)c(=O)oc2c1. The molecule has 0 bridgehead atoms. The van der Waals surface area contributed by atoms with Gasteiger partial charge < -0.3 is 13.9 Å². The Morgan fingerprint density at radius 3 is 2.46 bits per heavy atom. The van der Waals surface area contributed by atoms with Crippen molar-refractivity contribution in [3.63, 3.8) is 0 Å². The zero-order chi connectivity index (χ0) is 18.7. The molecule has 0 radical (unpaired) electrons. The van der Waals surface area contributed by atoms with Crippen LogP contribution in [0.3, 0.4) is 0 Å². The molecule has 3 rings (SSSR count). The van der Waals surface area contributed by atoms with Gasteiger partial charge in [-0.15, -0.1) is 0 Å². The van der Waals surface area contributed by atoms with E-state index in [1.54, 1.807) is 42.5 Å². The van der Waals surface area contributed by atoms with Crippen LogP contribution in [0.4, 0.5) is 0 Å². The average molecular weight is 371 g/mol. The Balaban J connectivity index is 2.01. The third kappa shape index (κ3) is 3.63. The summed E-state index contributed by atoms with van der Waals surface area (Å²) in [5.41, 5.74) is 0.268. The third-order valence-electron chi connectivity index (χ3n) is 3.81. The van der Waals surface area contributed by atoms with Gasteiger partial charge in [-0.2, -0.15) is 0 Å². The summed E-state index contributed by atoms with van der Waals surface area (Å²) in [5.74, 6) is 0.464. The zero-order valence-corrected chi connectivity index (χ0v) is 14.9. The largest absolute Gasteiger partial charge is 0.496 e. The Morgan fingerprint density at radius 2 is 1.81 bits per heavy atom. The van der Waals surface area contributed by atoms with E-state index in [2.05, 4.69) is 0 Å². The van der Waals surface area contributed by atoms with Crippen molar-refractivity contribution in [3.05, 3.63) is 75.1 Å². The highest BCUT2D eigenvalue weighted by molar-refractivity contribution is 6.30. The number of benzene rings is 2. The van der Waals surface area contributed by atoms with Crippen LogP contribution in [0.15, 0.2) is 57.8 Å². The second-order valence-electron chi connectivity index (χ2n) is 5.44. The number of hydrogen-bond acceptors (Lipinski definition) is 5. The zero-order valence-electron chi connectivity index (χ0n) is 14.1. The molecule has 0 saturated carbocycles. The van der Waals surface area contributed by atoms with Gasteiger partial charge in [-0.25, -0.2) is 4.79 Å². The minimum absolute atomic E-state index is 0.0776. The molecule has 3 aromatic rings. The highest BCUT2D eigenvalue weighted by atomic mass is 35.5. The quantitative estimate of drug-likeness (QED) is 0.379. The minimum atomic E-state index is -0.724. The minimum Gasteiger partial charge on any atom is -0.496 e. The van der Waals surface area contributed by atoms with E-state index < -0.39 is 11.4 Å². The van der Waals surface area contributed by atoms with Crippen LogP contribution in [-0.2, 0) is 0 Å². The van der Waals surface area contributed by atoms with E-state index in [-0.39, 0.29) is 11.1 Å². The molecular formula is C20H15ClO5. The number of rotatable bonds is 5. The van der Waals surface area contributed by atoms with Gasteiger partial charge in [0, 0.05) is 17.2 Å². The molecular weight excluding hydrogens is 356 g/mol. The molecule has 1 heterocycles. The first-order valence-electron chi connectivity index (χ1n) is 7.69. The second kappa shape index (κ2) is 7.45. The summed E-state index contributed by atoms with van der Waals surface area (Å²) in [7, 11) is 2.99. The van der Waals surface area contributed by atoms with Crippen LogP contribution in [-0.4, -0.2) is 20.0 Å². The summed E-state index contributed by atoms with van der Waals surface area (Å²) >= 11 is 5.83. The Kier molecular flexibility index (Phi) is 5.09. The topological polar surface area (TPSA) is 65.7 Å². The average Bonchev–Trinajstić information content (AvgIpc) is 2.65. The van der Waals surface area contributed by atoms with Gasteiger partial charge in [-0.3, -0.25) is 4.79 Å². The van der Waals surface area contributed by atoms with Crippen molar-refractivity contribution >= 4 is 34.4 Å². The van der Waals surface area contributed by atoms with Crippen LogP contribution >= 0.6 is 11.6 Å². The maximum atomic E-state index is 12.4. The molecule has 0 unspecified atom stereocenters. The van der Waals surface area contributed by atoms with Crippen molar-refractivity contribution in [2.75, 3.05) is 14.2 Å². The highest BCUT2D eigenvalue weighted by Crippen LogP contribution is 2.30. The number of carbonyl (C=O) groups is 1. The fraction of sp³-hybridized carbons (Fsp3) is 0.100. The van der Waals surface area contributed by atoms with E-state index in [1.807, 2.05) is 0 Å². The molecule has 1 aromatic heterocycles. The molecule has 0 N–H and O–H groups in total. The number of allylic oxidation sites excluding steroid dienone is 1. The van der Waals surface area contributed by atoms with E-state index >= 15 is 0 Å². The molecule has 6 heteroatoms. The molecule has 0 aliphatic heterocycles. The molecule has 0 aliphatic carbocycles. The Labute approximate surface area is 154 Å². The van der Waals surface area contributed by atoms with E-state index in [0.29, 0.717) is 21.9 Å². The molecule has 0 aliphatic rings. The van der Waals surface area contributed by atoms with E-state index in [0.717, 1.165) is 5.56 Å². The van der Waals surface area contributed by atoms with Gasteiger partial charge in [0.1, 0.15) is 22.6 Å². The summed E-state index contributed by atoms with van der Waals surface area (Å²) in [6, 6.07) is 11.7. The van der Waals surface area contributed by atoms with Crippen molar-refractivity contribution in [2.45, 2.75) is 0 Å². The van der Waals surface area contributed by atoms with Crippen LogP contribution in [0, 0.1) is 0 Å². The number of halogens is 1. The number of fused-ring (bicyclic) bond motifs is 1. The predicted molar refractivity (Wildman–Crippen MR) is 100 cm³/mol. The van der Waals surface area contributed by atoms with Crippen LogP contribution in [0.1, 0.15) is 15.9 Å². The van der Waals surface area contributed by atoms with Gasteiger partial charge in [0.25, 0.3) is 0 Å². The standard InChI is InChI=1S/C20H15ClO5/c1-24-14-9-18(25-2)16-11-15(20(23)26-19(16)10-14)17(22)8-5-12-3-6-13(21)7-4-12/h3-11H,1-2H3/b8-5+. The number of methoxy groups -OCH3 is 2. The van der Waals surface area contributed by atoms with E-state index in [4.69, 9.17) is 25.5 Å². The fourth-order valence-electron chi connectivity index (χ4n) is 2.46. The van der Waals surface area contributed by atoms with Crippen molar-refractivity contribution in [1.82, 2.24) is 0 Å². The first-order chi connectivity index (χ1) is 12.5. The molecule has 2 aromatic carbocycles. The first-order valence-corrected chi connectivity index (χ1v) is 8.07. The second-order valence-corrected chi connectivity index (χ2v) is 5.87. The van der Waals surface area contributed by atoms with Gasteiger partial charge >= 0.3 is 5.63 Å². The number of ketones is 1. The van der Waals surface area contributed by atoms with Gasteiger partial charge in [0.2, 0.25) is 0 Å². The molecule has 0 fully saturated rings.